The molecule has 140 valence electrons. The molecule has 0 spiro atoms. The highest BCUT2D eigenvalue weighted by Gasteiger charge is 2.33. The van der Waals surface area contributed by atoms with Gasteiger partial charge in [0.1, 0.15) is 0 Å². The van der Waals surface area contributed by atoms with Crippen LogP contribution in [0.25, 0.3) is 0 Å². The summed E-state index contributed by atoms with van der Waals surface area (Å²) in [6.45, 7) is 0.0270. The third-order valence-corrected chi connectivity index (χ3v) is 4.20. The summed E-state index contributed by atoms with van der Waals surface area (Å²) in [5, 5.41) is 21.8. The quantitative estimate of drug-likeness (QED) is 0.459. The van der Waals surface area contributed by atoms with Crippen molar-refractivity contribution in [2.45, 2.75) is 12.8 Å². The predicted octanol–water partition coefficient (Wildman–Crippen LogP) is 3.51. The average Bonchev–Trinajstić information content (AvgIpc) is 2.64. The van der Waals surface area contributed by atoms with E-state index in [0.717, 1.165) is 11.0 Å². The molecule has 11 heteroatoms. The number of nitrogens with zero attached hydrogens (tertiary/aromatic N) is 3. The smallest absolute Gasteiger partial charge is 0.308 e. The summed E-state index contributed by atoms with van der Waals surface area (Å²) in [4.78, 5) is 33.5. The van der Waals surface area contributed by atoms with Crippen molar-refractivity contribution in [3.63, 3.8) is 0 Å². The van der Waals surface area contributed by atoms with Crippen LogP contribution < -0.4 is 4.90 Å². The number of amides is 1. The molecule has 0 atom stereocenters. The maximum atomic E-state index is 14.1. The Morgan fingerprint density at radius 2 is 1.70 bits per heavy atom. The van der Waals surface area contributed by atoms with Crippen LogP contribution in [0.4, 0.5) is 30.2 Å². The Bertz CT molecular complexity index is 996. The molecule has 1 heterocycles. The largest absolute Gasteiger partial charge is 0.308 e. The minimum Gasteiger partial charge on any atom is -0.308 e. The zero-order valence-corrected chi connectivity index (χ0v) is 13.4. The molecule has 8 nitrogen and oxygen atoms in total. The molecule has 3 rings (SSSR count). The van der Waals surface area contributed by atoms with Gasteiger partial charge in [0.05, 0.1) is 21.1 Å². The van der Waals surface area contributed by atoms with E-state index in [0.29, 0.717) is 24.5 Å². The maximum Gasteiger partial charge on any atom is 0.308 e. The summed E-state index contributed by atoms with van der Waals surface area (Å²) in [7, 11) is 0. The standard InChI is InChI=1S/C16H10F3N3O5/c17-13-10(7-12(22(26)27)14(18)15(13)19)16(23)20-5-1-2-8-3-4-9(21(24)25)6-11(8)20/h3-4,6-7H,1-2,5H2. The number of rotatable bonds is 3. The van der Waals surface area contributed by atoms with Crippen molar-refractivity contribution in [2.75, 3.05) is 11.4 Å². The lowest BCUT2D eigenvalue weighted by Crippen LogP contribution is -2.36. The topological polar surface area (TPSA) is 107 Å². The number of nitro groups is 2. The van der Waals surface area contributed by atoms with Gasteiger partial charge in [-0.1, -0.05) is 6.07 Å². The number of nitro benzene ring substituents is 2. The second-order valence-electron chi connectivity index (χ2n) is 5.77. The number of hydrogen-bond donors (Lipinski definition) is 0. The van der Waals surface area contributed by atoms with Crippen LogP contribution >= 0.6 is 0 Å². The Labute approximate surface area is 149 Å². The summed E-state index contributed by atoms with van der Waals surface area (Å²) in [5.74, 6) is -7.16. The lowest BCUT2D eigenvalue weighted by Gasteiger charge is -2.29. The Balaban J connectivity index is 2.12. The van der Waals surface area contributed by atoms with E-state index in [1.807, 2.05) is 0 Å². The van der Waals surface area contributed by atoms with Crippen molar-refractivity contribution in [3.05, 3.63) is 73.1 Å². The summed E-state index contributed by atoms with van der Waals surface area (Å²) >= 11 is 0. The molecule has 0 aromatic heterocycles. The van der Waals surface area contributed by atoms with E-state index < -0.39 is 44.5 Å². The molecule has 2 aromatic carbocycles. The normalized spacial score (nSPS) is 13.2. The van der Waals surface area contributed by atoms with Crippen LogP contribution in [0, 0.1) is 37.7 Å². The fraction of sp³-hybridized carbons (Fsp3) is 0.188. The Morgan fingerprint density at radius 1 is 1.00 bits per heavy atom. The van der Waals surface area contributed by atoms with E-state index in [4.69, 9.17) is 0 Å². The molecule has 0 saturated heterocycles. The molecular formula is C16H10F3N3O5. The van der Waals surface area contributed by atoms with Gasteiger partial charge < -0.3 is 4.90 Å². The highest BCUT2D eigenvalue weighted by atomic mass is 19.2. The van der Waals surface area contributed by atoms with Gasteiger partial charge >= 0.3 is 5.69 Å². The number of aryl methyl sites for hydroxylation is 1. The van der Waals surface area contributed by atoms with E-state index in [1.165, 1.54) is 12.1 Å². The summed E-state index contributed by atoms with van der Waals surface area (Å²) in [6, 6.07) is 4.12. The molecule has 0 saturated carbocycles. The van der Waals surface area contributed by atoms with Gasteiger partial charge in [-0.25, -0.2) is 8.78 Å². The van der Waals surface area contributed by atoms with Crippen molar-refractivity contribution >= 4 is 23.0 Å². The minimum absolute atomic E-state index is 0.0270. The number of halogens is 3. The van der Waals surface area contributed by atoms with Crippen LogP contribution in [-0.4, -0.2) is 22.3 Å². The molecule has 0 bridgehead atoms. The second kappa shape index (κ2) is 6.67. The number of hydrogen-bond acceptors (Lipinski definition) is 5. The van der Waals surface area contributed by atoms with Gasteiger partial charge in [0, 0.05) is 24.7 Å². The van der Waals surface area contributed by atoms with Gasteiger partial charge in [-0.2, -0.15) is 4.39 Å². The van der Waals surface area contributed by atoms with E-state index in [2.05, 4.69) is 0 Å². The zero-order chi connectivity index (χ0) is 19.9. The highest BCUT2D eigenvalue weighted by molar-refractivity contribution is 6.07. The third kappa shape index (κ3) is 3.07. The number of carbonyl (C=O) groups is 1. The van der Waals surface area contributed by atoms with Crippen LogP contribution in [0.5, 0.6) is 0 Å². The summed E-state index contributed by atoms with van der Waals surface area (Å²) in [6.07, 6.45) is 0.932. The average molecular weight is 381 g/mol. The van der Waals surface area contributed by atoms with Crippen molar-refractivity contribution in [1.29, 1.82) is 0 Å². The molecule has 2 aromatic rings. The lowest BCUT2D eigenvalue weighted by atomic mass is 10.00. The first-order valence-electron chi connectivity index (χ1n) is 7.63. The molecule has 0 N–H and O–H groups in total. The van der Waals surface area contributed by atoms with Gasteiger partial charge in [0.2, 0.25) is 11.6 Å². The zero-order valence-electron chi connectivity index (χ0n) is 13.4. The van der Waals surface area contributed by atoms with E-state index >= 15 is 0 Å². The molecule has 1 aliphatic rings. The number of anilines is 1. The van der Waals surface area contributed by atoms with Crippen LogP contribution in [0.15, 0.2) is 24.3 Å². The third-order valence-electron chi connectivity index (χ3n) is 4.20. The summed E-state index contributed by atoms with van der Waals surface area (Å²) < 4.78 is 41.3. The lowest BCUT2D eigenvalue weighted by molar-refractivity contribution is -0.387. The van der Waals surface area contributed by atoms with Crippen molar-refractivity contribution in [1.82, 2.24) is 0 Å². The van der Waals surface area contributed by atoms with Crippen LogP contribution in [0.1, 0.15) is 22.3 Å². The Hall–Kier alpha value is -3.50. The molecule has 1 amide bonds. The molecule has 27 heavy (non-hydrogen) atoms. The minimum atomic E-state index is -2.14. The first-order chi connectivity index (χ1) is 12.7. The first kappa shape index (κ1) is 18.3. The van der Waals surface area contributed by atoms with Gasteiger partial charge in [0.25, 0.3) is 11.6 Å². The van der Waals surface area contributed by atoms with Crippen molar-refractivity contribution in [3.8, 4) is 0 Å². The van der Waals surface area contributed by atoms with Gasteiger partial charge in [-0.15, -0.1) is 0 Å². The Kier molecular flexibility index (Phi) is 4.52. The SMILES string of the molecule is O=C(c1cc([N+](=O)[O-])c(F)c(F)c1F)N1CCCc2ccc([N+](=O)[O-])cc21. The van der Waals surface area contributed by atoms with Crippen LogP contribution in [0.2, 0.25) is 0 Å². The van der Waals surface area contributed by atoms with Gasteiger partial charge in [-0.05, 0) is 18.4 Å². The maximum absolute atomic E-state index is 14.1. The fourth-order valence-electron chi connectivity index (χ4n) is 2.91. The van der Waals surface area contributed by atoms with E-state index in [1.54, 1.807) is 0 Å². The van der Waals surface area contributed by atoms with Crippen LogP contribution in [-0.2, 0) is 6.42 Å². The van der Waals surface area contributed by atoms with Crippen molar-refractivity contribution < 1.29 is 27.8 Å². The van der Waals surface area contributed by atoms with Crippen LogP contribution in [0.3, 0.4) is 0 Å². The monoisotopic (exact) mass is 381 g/mol. The number of non-ortho nitro benzene ring substituents is 1. The predicted molar refractivity (Wildman–Crippen MR) is 86.1 cm³/mol. The second-order valence-corrected chi connectivity index (χ2v) is 5.77. The van der Waals surface area contributed by atoms with Gasteiger partial charge in [0.15, 0.2) is 5.82 Å². The van der Waals surface area contributed by atoms with E-state index in [9.17, 15) is 38.2 Å². The molecular weight excluding hydrogens is 371 g/mol. The summed E-state index contributed by atoms with van der Waals surface area (Å²) in [5.41, 5.74) is -2.04. The molecule has 0 radical (unpaired) electrons. The molecule has 1 aliphatic heterocycles. The number of fused-ring (bicyclic) bond motifs is 1. The highest BCUT2D eigenvalue weighted by Crippen LogP contribution is 2.33. The van der Waals surface area contributed by atoms with Crippen molar-refractivity contribution in [2.24, 2.45) is 0 Å². The molecule has 0 unspecified atom stereocenters. The molecule has 0 aliphatic carbocycles. The first-order valence-corrected chi connectivity index (χ1v) is 7.63. The van der Waals surface area contributed by atoms with Gasteiger partial charge in [-0.3, -0.25) is 25.0 Å². The fourth-order valence-corrected chi connectivity index (χ4v) is 2.91. The Morgan fingerprint density at radius 3 is 2.33 bits per heavy atom. The number of benzene rings is 2. The number of carbonyl (C=O) groups excluding carboxylic acids is 1. The van der Waals surface area contributed by atoms with E-state index in [-0.39, 0.29) is 17.9 Å². The molecule has 0 fully saturated rings.